The molecule has 132 valence electrons. The lowest BCUT2D eigenvalue weighted by atomic mass is 10.0. The highest BCUT2D eigenvalue weighted by atomic mass is 32.2. The molecule has 0 bridgehead atoms. The van der Waals surface area contributed by atoms with Crippen LogP contribution in [0.3, 0.4) is 0 Å². The van der Waals surface area contributed by atoms with Gasteiger partial charge in [-0.3, -0.25) is 9.69 Å². The summed E-state index contributed by atoms with van der Waals surface area (Å²) in [5.41, 5.74) is 1.38. The van der Waals surface area contributed by atoms with Gasteiger partial charge in [0.1, 0.15) is 0 Å². The molecule has 1 N–H and O–H groups in total. The molecule has 0 aliphatic carbocycles. The maximum absolute atomic E-state index is 12.5. The molecular formula is C19H29N3OS. The lowest BCUT2D eigenvalue weighted by molar-refractivity contribution is -0.133. The Balaban J connectivity index is 1.42. The van der Waals surface area contributed by atoms with Crippen LogP contribution in [0.25, 0.3) is 0 Å². The van der Waals surface area contributed by atoms with Gasteiger partial charge in [-0.1, -0.05) is 30.3 Å². The van der Waals surface area contributed by atoms with Gasteiger partial charge in [0.25, 0.3) is 0 Å². The van der Waals surface area contributed by atoms with Crippen LogP contribution in [0.15, 0.2) is 30.3 Å². The van der Waals surface area contributed by atoms with Gasteiger partial charge >= 0.3 is 0 Å². The van der Waals surface area contributed by atoms with Gasteiger partial charge < -0.3 is 10.2 Å². The van der Waals surface area contributed by atoms with E-state index in [-0.39, 0.29) is 0 Å². The zero-order valence-electron chi connectivity index (χ0n) is 14.6. The van der Waals surface area contributed by atoms with Crippen LogP contribution in [-0.2, 0) is 11.3 Å². The first kappa shape index (κ1) is 17.8. The van der Waals surface area contributed by atoms with Gasteiger partial charge in [-0.2, -0.15) is 11.8 Å². The zero-order valence-corrected chi connectivity index (χ0v) is 15.4. The maximum Gasteiger partial charge on any atom is 0.224 e. The van der Waals surface area contributed by atoms with E-state index in [2.05, 4.69) is 40.5 Å². The first-order valence-electron chi connectivity index (χ1n) is 9.05. The molecule has 0 spiro atoms. The Morgan fingerprint density at radius 1 is 1.29 bits per heavy atom. The molecule has 1 atom stereocenters. The van der Waals surface area contributed by atoms with Crippen LogP contribution in [-0.4, -0.2) is 66.0 Å². The predicted molar refractivity (Wildman–Crippen MR) is 101 cm³/mol. The molecule has 0 radical (unpaired) electrons. The summed E-state index contributed by atoms with van der Waals surface area (Å²) in [5.74, 6) is 2.53. The number of benzene rings is 1. The second kappa shape index (κ2) is 8.88. The van der Waals surface area contributed by atoms with E-state index in [0.29, 0.717) is 24.4 Å². The third-order valence-corrected chi connectivity index (χ3v) is 6.30. The van der Waals surface area contributed by atoms with Crippen molar-refractivity contribution in [3.05, 3.63) is 35.9 Å². The number of hydrogen-bond acceptors (Lipinski definition) is 4. The van der Waals surface area contributed by atoms with Crippen LogP contribution in [0, 0.1) is 0 Å². The SMILES string of the molecule is CN(C(=O)C[C@H]1CSCCN1)C1CCN(Cc2ccccc2)CC1. The predicted octanol–water partition coefficient (Wildman–Crippen LogP) is 2.20. The summed E-state index contributed by atoms with van der Waals surface area (Å²) in [6.07, 6.45) is 2.82. The molecule has 2 fully saturated rings. The smallest absolute Gasteiger partial charge is 0.224 e. The van der Waals surface area contributed by atoms with E-state index in [9.17, 15) is 4.79 Å². The first-order chi connectivity index (χ1) is 11.7. The standard InChI is InChI=1S/C19H29N3OS/c1-21(19(23)13-17-15-24-12-9-20-17)18-7-10-22(11-8-18)14-16-5-3-2-4-6-16/h2-6,17-18,20H,7-15H2,1H3/t17-/m0/s1. The minimum atomic E-state index is 0.302. The number of piperidine rings is 1. The highest BCUT2D eigenvalue weighted by Crippen LogP contribution is 2.19. The molecule has 0 aromatic heterocycles. The third-order valence-electron chi connectivity index (χ3n) is 5.17. The van der Waals surface area contributed by atoms with Gasteiger partial charge in [0, 0.05) is 63.2 Å². The molecule has 2 saturated heterocycles. The molecule has 2 aliphatic heterocycles. The summed E-state index contributed by atoms with van der Waals surface area (Å²) in [6.45, 7) is 4.21. The quantitative estimate of drug-likeness (QED) is 0.886. The molecule has 1 amide bonds. The van der Waals surface area contributed by atoms with Crippen LogP contribution in [0.2, 0.25) is 0 Å². The van der Waals surface area contributed by atoms with E-state index in [1.807, 2.05) is 23.7 Å². The summed E-state index contributed by atoms with van der Waals surface area (Å²) < 4.78 is 0. The molecule has 5 heteroatoms. The summed E-state index contributed by atoms with van der Waals surface area (Å²) in [4.78, 5) is 17.1. The van der Waals surface area contributed by atoms with Crippen molar-refractivity contribution in [3.8, 4) is 0 Å². The van der Waals surface area contributed by atoms with E-state index >= 15 is 0 Å². The van der Waals surface area contributed by atoms with Crippen molar-refractivity contribution in [2.24, 2.45) is 0 Å². The number of carbonyl (C=O) groups excluding carboxylic acids is 1. The molecule has 24 heavy (non-hydrogen) atoms. The summed E-state index contributed by atoms with van der Waals surface area (Å²) in [5, 5.41) is 3.47. The van der Waals surface area contributed by atoms with Crippen LogP contribution in [0.4, 0.5) is 0 Å². The molecule has 3 rings (SSSR count). The topological polar surface area (TPSA) is 35.6 Å². The van der Waals surface area contributed by atoms with Gasteiger partial charge in [0.2, 0.25) is 5.91 Å². The Labute approximate surface area is 150 Å². The normalized spacial score (nSPS) is 23.1. The largest absolute Gasteiger partial charge is 0.343 e. The number of amides is 1. The fourth-order valence-corrected chi connectivity index (χ4v) is 4.56. The van der Waals surface area contributed by atoms with Crippen LogP contribution in [0.5, 0.6) is 0 Å². The monoisotopic (exact) mass is 347 g/mol. The number of hydrogen-bond donors (Lipinski definition) is 1. The van der Waals surface area contributed by atoms with Crippen molar-refractivity contribution >= 4 is 17.7 Å². The van der Waals surface area contributed by atoms with Crippen molar-refractivity contribution in [3.63, 3.8) is 0 Å². The van der Waals surface area contributed by atoms with E-state index in [4.69, 9.17) is 0 Å². The maximum atomic E-state index is 12.5. The number of thioether (sulfide) groups is 1. The van der Waals surface area contributed by atoms with Gasteiger partial charge in [-0.15, -0.1) is 0 Å². The Bertz CT molecular complexity index is 511. The van der Waals surface area contributed by atoms with Crippen LogP contribution < -0.4 is 5.32 Å². The summed E-state index contributed by atoms with van der Waals surface area (Å²) >= 11 is 1.95. The lowest BCUT2D eigenvalue weighted by Crippen LogP contribution is -2.48. The van der Waals surface area contributed by atoms with Crippen LogP contribution in [0.1, 0.15) is 24.8 Å². The highest BCUT2D eigenvalue weighted by Gasteiger charge is 2.27. The van der Waals surface area contributed by atoms with Crippen molar-refractivity contribution in [1.29, 1.82) is 0 Å². The fraction of sp³-hybridized carbons (Fsp3) is 0.632. The summed E-state index contributed by atoms with van der Waals surface area (Å²) in [7, 11) is 2.00. The molecule has 0 unspecified atom stereocenters. The molecule has 1 aromatic carbocycles. The van der Waals surface area contributed by atoms with Crippen LogP contribution >= 0.6 is 11.8 Å². The van der Waals surface area contributed by atoms with E-state index < -0.39 is 0 Å². The fourth-order valence-electron chi connectivity index (χ4n) is 3.62. The number of nitrogens with zero attached hydrogens (tertiary/aromatic N) is 2. The van der Waals surface area contributed by atoms with Crippen molar-refractivity contribution < 1.29 is 4.79 Å². The number of likely N-dealkylation sites (tertiary alicyclic amines) is 1. The van der Waals surface area contributed by atoms with E-state index in [1.165, 1.54) is 11.3 Å². The Hall–Kier alpha value is -1.04. The van der Waals surface area contributed by atoms with Crippen molar-refractivity contribution in [2.75, 3.05) is 38.2 Å². The number of carbonyl (C=O) groups is 1. The zero-order chi connectivity index (χ0) is 16.8. The highest BCUT2D eigenvalue weighted by molar-refractivity contribution is 7.99. The molecular weight excluding hydrogens is 318 g/mol. The number of rotatable bonds is 5. The molecule has 4 nitrogen and oxygen atoms in total. The van der Waals surface area contributed by atoms with Gasteiger partial charge in [0.05, 0.1) is 0 Å². The average molecular weight is 348 g/mol. The van der Waals surface area contributed by atoms with Crippen molar-refractivity contribution in [2.45, 2.75) is 37.9 Å². The average Bonchev–Trinajstić information content (AvgIpc) is 2.63. The lowest BCUT2D eigenvalue weighted by Gasteiger charge is -2.37. The van der Waals surface area contributed by atoms with E-state index in [0.717, 1.165) is 44.8 Å². The minimum absolute atomic E-state index is 0.302. The van der Waals surface area contributed by atoms with E-state index in [1.54, 1.807) is 0 Å². The first-order valence-corrected chi connectivity index (χ1v) is 10.2. The Kier molecular flexibility index (Phi) is 6.58. The second-order valence-electron chi connectivity index (χ2n) is 6.93. The van der Waals surface area contributed by atoms with Gasteiger partial charge in [0.15, 0.2) is 0 Å². The van der Waals surface area contributed by atoms with Gasteiger partial charge in [-0.25, -0.2) is 0 Å². The summed E-state index contributed by atoms with van der Waals surface area (Å²) in [6, 6.07) is 11.4. The third kappa shape index (κ3) is 4.98. The number of nitrogens with one attached hydrogen (secondary N) is 1. The molecule has 1 aromatic rings. The molecule has 2 aliphatic rings. The Morgan fingerprint density at radius 2 is 2.04 bits per heavy atom. The minimum Gasteiger partial charge on any atom is -0.343 e. The second-order valence-corrected chi connectivity index (χ2v) is 8.08. The Morgan fingerprint density at radius 3 is 2.71 bits per heavy atom. The van der Waals surface area contributed by atoms with Crippen molar-refractivity contribution in [1.82, 2.24) is 15.1 Å². The van der Waals surface area contributed by atoms with Gasteiger partial charge in [-0.05, 0) is 18.4 Å². The molecule has 0 saturated carbocycles. The molecule has 2 heterocycles.